The number of hydrogen-bond donors (Lipinski definition) is 1. The number of nitrogens with zero attached hydrogens (tertiary/aromatic N) is 1. The van der Waals surface area contributed by atoms with Crippen molar-refractivity contribution >= 4 is 7.82 Å². The molecule has 2 aliphatic heterocycles. The van der Waals surface area contributed by atoms with E-state index >= 15 is 0 Å². The average molecular weight is 361 g/mol. The molecule has 3 unspecified atom stereocenters. The van der Waals surface area contributed by atoms with Gasteiger partial charge in [-0.2, -0.15) is 0 Å². The third-order valence-electron chi connectivity index (χ3n) is 4.39. The summed E-state index contributed by atoms with van der Waals surface area (Å²) in [6, 6.07) is 4.79. The van der Waals surface area contributed by atoms with Crippen LogP contribution in [0, 0.1) is 5.92 Å². The Bertz CT molecular complexity index is 693. The molecule has 0 aromatic carbocycles. The van der Waals surface area contributed by atoms with E-state index in [2.05, 4.69) is 4.52 Å². The van der Waals surface area contributed by atoms with Gasteiger partial charge in [0, 0.05) is 32.4 Å². The van der Waals surface area contributed by atoms with E-state index in [1.54, 1.807) is 18.3 Å². The summed E-state index contributed by atoms with van der Waals surface area (Å²) in [7, 11) is -1.50. The van der Waals surface area contributed by atoms with Crippen molar-refractivity contribution < 1.29 is 32.7 Å². The normalized spacial score (nSPS) is 34.4. The summed E-state index contributed by atoms with van der Waals surface area (Å²) in [6.45, 7) is 0.340. The van der Waals surface area contributed by atoms with Gasteiger partial charge in [0.1, 0.15) is 11.7 Å². The van der Waals surface area contributed by atoms with E-state index in [1.165, 1.54) is 17.7 Å². The largest absolute Gasteiger partial charge is 0.471 e. The lowest BCUT2D eigenvalue weighted by Gasteiger charge is -2.31. The van der Waals surface area contributed by atoms with Gasteiger partial charge in [-0.05, 0) is 6.07 Å². The summed E-state index contributed by atoms with van der Waals surface area (Å²) in [6.07, 6.45) is 0.454. The highest BCUT2D eigenvalue weighted by atomic mass is 31.2. The predicted molar refractivity (Wildman–Crippen MR) is 81.4 cm³/mol. The Morgan fingerprint density at radius 3 is 2.92 bits per heavy atom. The van der Waals surface area contributed by atoms with Crippen LogP contribution in [0.25, 0.3) is 0 Å². The molecule has 10 heteroatoms. The van der Waals surface area contributed by atoms with Crippen molar-refractivity contribution in [2.24, 2.45) is 5.92 Å². The van der Waals surface area contributed by atoms with Crippen molar-refractivity contribution in [1.82, 2.24) is 4.57 Å². The Hall–Kier alpha value is -1.06. The van der Waals surface area contributed by atoms with E-state index in [9.17, 15) is 14.3 Å². The molecule has 2 saturated heterocycles. The standard InChI is InChI=1S/C14H20NO8P/c1-19-8-14-9-21-12(10(14)7-22-24(17,18)20-2)13(23-14)15-6-4-3-5-11(15)16/h3-6,10,12-13H,7-9H2,1-2H3,(H,17,18)/t10-,12?,13?,14+/m1/s1. The van der Waals surface area contributed by atoms with Gasteiger partial charge in [0.15, 0.2) is 6.23 Å². The topological polar surface area (TPSA) is 105 Å². The number of aromatic nitrogens is 1. The maximum Gasteiger partial charge on any atom is 0.471 e. The molecule has 134 valence electrons. The first-order valence-corrected chi connectivity index (χ1v) is 8.90. The lowest BCUT2D eigenvalue weighted by molar-refractivity contribution is -0.189. The van der Waals surface area contributed by atoms with Gasteiger partial charge in [-0.15, -0.1) is 0 Å². The molecule has 3 rings (SSSR count). The molecular formula is C14H20NO8P. The smallest absolute Gasteiger partial charge is 0.382 e. The van der Waals surface area contributed by atoms with Crippen LogP contribution in [-0.4, -0.2) is 55.2 Å². The number of phosphoric acid groups is 1. The molecule has 2 bridgehead atoms. The lowest BCUT2D eigenvalue weighted by Crippen LogP contribution is -2.44. The summed E-state index contributed by atoms with van der Waals surface area (Å²) in [5, 5.41) is 0. The molecule has 0 saturated carbocycles. The van der Waals surface area contributed by atoms with Crippen LogP contribution < -0.4 is 5.56 Å². The zero-order valence-corrected chi connectivity index (χ0v) is 14.3. The minimum absolute atomic E-state index is 0.117. The molecule has 1 aromatic rings. The number of hydrogen-bond acceptors (Lipinski definition) is 7. The first kappa shape index (κ1) is 17.8. The molecule has 1 aromatic heterocycles. The molecule has 5 atom stereocenters. The van der Waals surface area contributed by atoms with Crippen LogP contribution in [0.3, 0.4) is 0 Å². The first-order valence-electron chi connectivity index (χ1n) is 7.41. The number of rotatable bonds is 7. The van der Waals surface area contributed by atoms with Gasteiger partial charge in [0.25, 0.3) is 5.56 Å². The Kier molecular flexibility index (Phi) is 4.94. The van der Waals surface area contributed by atoms with Gasteiger partial charge in [0.05, 0.1) is 19.8 Å². The zero-order valence-electron chi connectivity index (χ0n) is 13.4. The van der Waals surface area contributed by atoms with Crippen molar-refractivity contribution in [3.8, 4) is 0 Å². The highest BCUT2D eigenvalue weighted by molar-refractivity contribution is 7.47. The summed E-state index contributed by atoms with van der Waals surface area (Å²) in [5.41, 5.74) is -1.08. The van der Waals surface area contributed by atoms with Crippen molar-refractivity contribution in [3.05, 3.63) is 34.7 Å². The van der Waals surface area contributed by atoms with Crippen LogP contribution in [-0.2, 0) is 27.8 Å². The zero-order chi connectivity index (χ0) is 17.4. The minimum atomic E-state index is -4.12. The van der Waals surface area contributed by atoms with Gasteiger partial charge in [-0.3, -0.25) is 18.4 Å². The molecule has 0 radical (unpaired) electrons. The van der Waals surface area contributed by atoms with Gasteiger partial charge < -0.3 is 19.1 Å². The lowest BCUT2D eigenvalue weighted by atomic mass is 9.90. The Labute approximate surface area is 138 Å². The van der Waals surface area contributed by atoms with Crippen LogP contribution in [0.15, 0.2) is 29.2 Å². The monoisotopic (exact) mass is 361 g/mol. The summed E-state index contributed by atoms with van der Waals surface area (Å²) in [4.78, 5) is 21.5. The van der Waals surface area contributed by atoms with Crippen molar-refractivity contribution in [3.63, 3.8) is 0 Å². The second kappa shape index (κ2) is 6.68. The van der Waals surface area contributed by atoms with E-state index in [0.717, 1.165) is 7.11 Å². The van der Waals surface area contributed by atoms with E-state index in [4.69, 9.17) is 18.7 Å². The minimum Gasteiger partial charge on any atom is -0.382 e. The Morgan fingerprint density at radius 1 is 1.46 bits per heavy atom. The van der Waals surface area contributed by atoms with Gasteiger partial charge in [-0.25, -0.2) is 4.57 Å². The van der Waals surface area contributed by atoms with Gasteiger partial charge >= 0.3 is 7.82 Å². The summed E-state index contributed by atoms with van der Waals surface area (Å²) >= 11 is 0. The van der Waals surface area contributed by atoms with Gasteiger partial charge in [-0.1, -0.05) is 6.07 Å². The third kappa shape index (κ3) is 3.09. The van der Waals surface area contributed by atoms with Gasteiger partial charge in [0.2, 0.25) is 0 Å². The molecule has 0 aliphatic carbocycles. The molecule has 3 heterocycles. The van der Waals surface area contributed by atoms with Crippen molar-refractivity contribution in [2.45, 2.75) is 17.9 Å². The van der Waals surface area contributed by atoms with E-state index < -0.39 is 25.8 Å². The number of fused-ring (bicyclic) bond motifs is 2. The summed E-state index contributed by atoms with van der Waals surface area (Å²) < 4.78 is 39.6. The second-order valence-corrected chi connectivity index (χ2v) is 7.34. The van der Waals surface area contributed by atoms with Crippen LogP contribution in [0.5, 0.6) is 0 Å². The van der Waals surface area contributed by atoms with E-state index in [1.807, 2.05) is 0 Å². The van der Waals surface area contributed by atoms with Crippen LogP contribution >= 0.6 is 7.82 Å². The number of methoxy groups -OCH3 is 1. The molecule has 0 amide bonds. The summed E-state index contributed by atoms with van der Waals surface area (Å²) in [5.74, 6) is -0.384. The quantitative estimate of drug-likeness (QED) is 0.702. The first-order chi connectivity index (χ1) is 11.4. The fourth-order valence-electron chi connectivity index (χ4n) is 3.24. The SMILES string of the molecule is COC[C@@]12COC(C(n3ccccc3=O)O1)[C@H]2COP(=O)(O)OC. The molecule has 0 spiro atoms. The Morgan fingerprint density at radius 2 is 2.25 bits per heavy atom. The highest BCUT2D eigenvalue weighted by Gasteiger charge is 2.62. The van der Waals surface area contributed by atoms with E-state index in [-0.39, 0.29) is 31.3 Å². The maximum absolute atomic E-state index is 12.1. The molecule has 2 fully saturated rings. The van der Waals surface area contributed by atoms with Crippen molar-refractivity contribution in [2.75, 3.05) is 34.0 Å². The molecule has 2 aliphatic rings. The highest BCUT2D eigenvalue weighted by Crippen LogP contribution is 2.51. The fourth-order valence-corrected chi connectivity index (χ4v) is 3.69. The number of phosphoric ester groups is 1. The van der Waals surface area contributed by atoms with Crippen LogP contribution in [0.1, 0.15) is 6.23 Å². The molecule has 24 heavy (non-hydrogen) atoms. The van der Waals surface area contributed by atoms with Crippen LogP contribution in [0.2, 0.25) is 0 Å². The van der Waals surface area contributed by atoms with Crippen molar-refractivity contribution in [1.29, 1.82) is 0 Å². The third-order valence-corrected chi connectivity index (χ3v) is 5.33. The molecular weight excluding hydrogens is 341 g/mol. The Balaban J connectivity index is 1.86. The molecule has 1 N–H and O–H groups in total. The second-order valence-electron chi connectivity index (χ2n) is 5.78. The average Bonchev–Trinajstić information content (AvgIpc) is 3.05. The molecule has 9 nitrogen and oxygen atoms in total. The van der Waals surface area contributed by atoms with E-state index in [0.29, 0.717) is 0 Å². The van der Waals surface area contributed by atoms with Crippen LogP contribution in [0.4, 0.5) is 0 Å². The maximum atomic E-state index is 12.1. The number of pyridine rings is 1. The number of ether oxygens (including phenoxy) is 3. The predicted octanol–water partition coefficient (Wildman–Crippen LogP) is 0.541. The fraction of sp³-hybridized carbons (Fsp3) is 0.643.